The number of aromatic nitrogens is 1. The van der Waals surface area contributed by atoms with Crippen LogP contribution in [0.1, 0.15) is 30.1 Å². The van der Waals surface area contributed by atoms with E-state index in [1.807, 2.05) is 12.1 Å². The minimum absolute atomic E-state index is 0.139. The molecule has 0 radical (unpaired) electrons. The Hall–Kier alpha value is -1.48. The summed E-state index contributed by atoms with van der Waals surface area (Å²) in [5.41, 5.74) is 9.88. The first-order valence-electron chi connectivity index (χ1n) is 6.13. The molecule has 1 fully saturated rings. The normalized spacial score (nSPS) is 17.4. The van der Waals surface area contributed by atoms with E-state index in [0.717, 1.165) is 16.7 Å². The van der Waals surface area contributed by atoms with Crippen LogP contribution in [0.2, 0.25) is 0 Å². The lowest BCUT2D eigenvalue weighted by Gasteiger charge is -2.12. The summed E-state index contributed by atoms with van der Waals surface area (Å²) >= 11 is 0. The highest BCUT2D eigenvalue weighted by Gasteiger charge is 2.32. The molecule has 1 aliphatic carbocycles. The quantitative estimate of drug-likeness (QED) is 0.851. The highest BCUT2D eigenvalue weighted by molar-refractivity contribution is 5.91. The molecule has 1 heterocycles. The van der Waals surface area contributed by atoms with Crippen LogP contribution in [0.15, 0.2) is 18.2 Å². The number of H-pyrrole nitrogens is 1. The molecule has 3 rings (SSSR count). The maximum absolute atomic E-state index is 6.36. The van der Waals surface area contributed by atoms with Gasteiger partial charge in [0.15, 0.2) is 0 Å². The molecule has 1 aliphatic rings. The Bertz CT molecular complexity index is 555. The van der Waals surface area contributed by atoms with Crippen molar-refractivity contribution in [3.05, 3.63) is 29.5 Å². The molecule has 17 heavy (non-hydrogen) atoms. The third-order valence-electron chi connectivity index (χ3n) is 3.70. The number of hydrogen-bond acceptors (Lipinski definition) is 2. The van der Waals surface area contributed by atoms with E-state index in [2.05, 4.69) is 18.0 Å². The van der Waals surface area contributed by atoms with E-state index < -0.39 is 0 Å². The van der Waals surface area contributed by atoms with Crippen LogP contribution >= 0.6 is 0 Å². The van der Waals surface area contributed by atoms with E-state index in [-0.39, 0.29) is 6.04 Å². The van der Waals surface area contributed by atoms with Crippen molar-refractivity contribution in [2.75, 3.05) is 7.11 Å². The number of aryl methyl sites for hydroxylation is 1. The van der Waals surface area contributed by atoms with E-state index in [4.69, 9.17) is 10.5 Å². The van der Waals surface area contributed by atoms with Gasteiger partial charge in [0.05, 0.1) is 7.11 Å². The van der Waals surface area contributed by atoms with Gasteiger partial charge in [0, 0.05) is 28.2 Å². The molecule has 1 atom stereocenters. The summed E-state index contributed by atoms with van der Waals surface area (Å²) in [4.78, 5) is 3.41. The van der Waals surface area contributed by atoms with Crippen LogP contribution in [-0.2, 0) is 0 Å². The van der Waals surface area contributed by atoms with Crippen LogP contribution in [0.3, 0.4) is 0 Å². The Balaban J connectivity index is 2.23. The molecule has 0 saturated heterocycles. The van der Waals surface area contributed by atoms with Crippen LogP contribution in [0.25, 0.3) is 10.9 Å². The number of nitrogens with one attached hydrogen (secondary N) is 1. The molecule has 3 heteroatoms. The van der Waals surface area contributed by atoms with E-state index in [1.54, 1.807) is 7.11 Å². The van der Waals surface area contributed by atoms with Crippen molar-refractivity contribution in [3.63, 3.8) is 0 Å². The first kappa shape index (κ1) is 10.7. The SMILES string of the molecule is COc1cccc2[nH]c(C)c(C(N)C3CC3)c12. The van der Waals surface area contributed by atoms with Gasteiger partial charge in [-0.2, -0.15) is 0 Å². The lowest BCUT2D eigenvalue weighted by Crippen LogP contribution is -2.13. The average molecular weight is 230 g/mol. The number of rotatable bonds is 3. The molecule has 3 N–H and O–H groups in total. The lowest BCUT2D eigenvalue weighted by molar-refractivity contribution is 0.419. The summed E-state index contributed by atoms with van der Waals surface area (Å²) in [7, 11) is 1.71. The van der Waals surface area contributed by atoms with Crippen LogP contribution < -0.4 is 10.5 Å². The van der Waals surface area contributed by atoms with E-state index >= 15 is 0 Å². The zero-order valence-corrected chi connectivity index (χ0v) is 10.3. The van der Waals surface area contributed by atoms with E-state index in [9.17, 15) is 0 Å². The summed E-state index contributed by atoms with van der Waals surface area (Å²) in [6, 6.07) is 6.22. The number of methoxy groups -OCH3 is 1. The molecule has 0 bridgehead atoms. The van der Waals surface area contributed by atoms with Crippen LogP contribution in [0, 0.1) is 12.8 Å². The Labute approximate surface area is 101 Å². The maximum Gasteiger partial charge on any atom is 0.128 e. The van der Waals surface area contributed by atoms with Crippen molar-refractivity contribution in [2.24, 2.45) is 11.7 Å². The summed E-state index contributed by atoms with van der Waals surface area (Å²) < 4.78 is 5.46. The van der Waals surface area contributed by atoms with Gasteiger partial charge in [-0.05, 0) is 37.8 Å². The van der Waals surface area contributed by atoms with Gasteiger partial charge in [0.1, 0.15) is 5.75 Å². The van der Waals surface area contributed by atoms with Gasteiger partial charge in [-0.15, -0.1) is 0 Å². The predicted molar refractivity (Wildman–Crippen MR) is 69.2 cm³/mol. The fourth-order valence-corrected chi connectivity index (χ4v) is 2.65. The molecular weight excluding hydrogens is 212 g/mol. The molecule has 1 aromatic carbocycles. The van der Waals surface area contributed by atoms with E-state index in [0.29, 0.717) is 5.92 Å². The first-order chi connectivity index (χ1) is 8.22. The van der Waals surface area contributed by atoms with Gasteiger partial charge in [-0.3, -0.25) is 0 Å². The molecule has 2 aromatic rings. The summed E-state index contributed by atoms with van der Waals surface area (Å²) in [6.45, 7) is 2.09. The average Bonchev–Trinajstić information content (AvgIpc) is 3.10. The van der Waals surface area contributed by atoms with E-state index in [1.165, 1.54) is 24.1 Å². The minimum atomic E-state index is 0.139. The van der Waals surface area contributed by atoms with Crippen LogP contribution in [-0.4, -0.2) is 12.1 Å². The molecule has 1 aromatic heterocycles. The van der Waals surface area contributed by atoms with Crippen molar-refractivity contribution in [1.82, 2.24) is 4.98 Å². The first-order valence-corrected chi connectivity index (χ1v) is 6.13. The number of nitrogens with two attached hydrogens (primary N) is 1. The molecule has 1 saturated carbocycles. The standard InChI is InChI=1S/C14H18N2O/c1-8-12(14(15)9-6-7-9)13-10(16-8)4-3-5-11(13)17-2/h3-5,9,14,16H,6-7,15H2,1-2H3. The zero-order valence-electron chi connectivity index (χ0n) is 10.3. The predicted octanol–water partition coefficient (Wildman–Crippen LogP) is 2.89. The Morgan fingerprint density at radius 3 is 2.82 bits per heavy atom. The van der Waals surface area contributed by atoms with Crippen LogP contribution in [0.4, 0.5) is 0 Å². The number of hydrogen-bond donors (Lipinski definition) is 2. The summed E-state index contributed by atoms with van der Waals surface area (Å²) in [6.07, 6.45) is 2.50. The molecule has 0 aliphatic heterocycles. The van der Waals surface area contributed by atoms with Gasteiger partial charge in [0.25, 0.3) is 0 Å². The third kappa shape index (κ3) is 1.62. The molecule has 1 unspecified atom stereocenters. The fraction of sp³-hybridized carbons (Fsp3) is 0.429. The Morgan fingerprint density at radius 2 is 2.18 bits per heavy atom. The second-order valence-electron chi connectivity index (χ2n) is 4.91. The van der Waals surface area contributed by atoms with Gasteiger partial charge in [0.2, 0.25) is 0 Å². The summed E-state index contributed by atoms with van der Waals surface area (Å²) in [5.74, 6) is 1.57. The highest BCUT2D eigenvalue weighted by atomic mass is 16.5. The molecular formula is C14H18N2O. The smallest absolute Gasteiger partial charge is 0.128 e. The molecule has 3 nitrogen and oxygen atoms in total. The summed E-state index contributed by atoms with van der Waals surface area (Å²) in [5, 5.41) is 1.16. The fourth-order valence-electron chi connectivity index (χ4n) is 2.65. The van der Waals surface area contributed by atoms with Crippen LogP contribution in [0.5, 0.6) is 5.75 Å². The molecule has 0 spiro atoms. The second-order valence-corrected chi connectivity index (χ2v) is 4.91. The topological polar surface area (TPSA) is 51.0 Å². The number of benzene rings is 1. The van der Waals surface area contributed by atoms with Crippen molar-refractivity contribution < 1.29 is 4.74 Å². The molecule has 0 amide bonds. The van der Waals surface area contributed by atoms with Gasteiger partial charge >= 0.3 is 0 Å². The van der Waals surface area contributed by atoms with Crippen molar-refractivity contribution in [3.8, 4) is 5.75 Å². The third-order valence-corrected chi connectivity index (χ3v) is 3.70. The van der Waals surface area contributed by atoms with Gasteiger partial charge < -0.3 is 15.5 Å². The Morgan fingerprint density at radius 1 is 1.41 bits per heavy atom. The highest BCUT2D eigenvalue weighted by Crippen LogP contribution is 2.44. The maximum atomic E-state index is 6.36. The Kier molecular flexibility index (Phi) is 2.37. The van der Waals surface area contributed by atoms with Crippen molar-refractivity contribution in [2.45, 2.75) is 25.8 Å². The number of fused-ring (bicyclic) bond motifs is 1. The zero-order chi connectivity index (χ0) is 12.0. The molecule has 90 valence electrons. The minimum Gasteiger partial charge on any atom is -0.496 e. The largest absolute Gasteiger partial charge is 0.496 e. The van der Waals surface area contributed by atoms with Crippen molar-refractivity contribution >= 4 is 10.9 Å². The lowest BCUT2D eigenvalue weighted by atomic mass is 9.99. The number of ether oxygens (including phenoxy) is 1. The van der Waals surface area contributed by atoms with Gasteiger partial charge in [-0.1, -0.05) is 6.07 Å². The monoisotopic (exact) mass is 230 g/mol. The van der Waals surface area contributed by atoms with Gasteiger partial charge in [-0.25, -0.2) is 0 Å². The van der Waals surface area contributed by atoms with Crippen molar-refractivity contribution in [1.29, 1.82) is 0 Å². The number of aromatic amines is 1. The second kappa shape index (κ2) is 3.77.